The molecule has 156 valence electrons. The normalized spacial score (nSPS) is 11.2. The highest BCUT2D eigenvalue weighted by Crippen LogP contribution is 2.11. The van der Waals surface area contributed by atoms with Crippen molar-refractivity contribution in [1.82, 2.24) is 4.57 Å². The quantitative estimate of drug-likeness (QED) is 0.220. The van der Waals surface area contributed by atoms with Crippen LogP contribution in [0.4, 0.5) is 0 Å². The molecule has 0 bridgehead atoms. The van der Waals surface area contributed by atoms with Crippen molar-refractivity contribution in [2.45, 2.75) is 110 Å². The molecule has 1 aromatic carbocycles. The van der Waals surface area contributed by atoms with E-state index in [0.717, 1.165) is 6.54 Å². The zero-order valence-electron chi connectivity index (χ0n) is 18.5. The lowest BCUT2D eigenvalue weighted by Gasteiger charge is -2.07. The van der Waals surface area contributed by atoms with Crippen LogP contribution in [0.3, 0.4) is 0 Å². The fraction of sp³-hybridized carbons (Fsp3) is 0.654. The van der Waals surface area contributed by atoms with Gasteiger partial charge in [-0.2, -0.15) is 0 Å². The molecule has 0 aliphatic carbocycles. The summed E-state index contributed by atoms with van der Waals surface area (Å²) in [7, 11) is 0. The molecule has 28 heavy (non-hydrogen) atoms. The van der Waals surface area contributed by atoms with Gasteiger partial charge in [0.05, 0.1) is 13.1 Å². The molecular weight excluding hydrogens is 340 g/mol. The van der Waals surface area contributed by atoms with Crippen molar-refractivity contribution in [3.05, 3.63) is 54.1 Å². The van der Waals surface area contributed by atoms with Crippen molar-refractivity contribution in [2.75, 3.05) is 0 Å². The van der Waals surface area contributed by atoms with Gasteiger partial charge in [-0.3, -0.25) is 0 Å². The van der Waals surface area contributed by atoms with Crippen molar-refractivity contribution >= 4 is 0 Å². The Hall–Kier alpha value is -1.57. The van der Waals surface area contributed by atoms with Gasteiger partial charge in [-0.1, -0.05) is 89.1 Å². The van der Waals surface area contributed by atoms with E-state index in [4.69, 9.17) is 0 Å². The van der Waals surface area contributed by atoms with Crippen molar-refractivity contribution in [2.24, 2.45) is 0 Å². The lowest BCUT2D eigenvalue weighted by Crippen LogP contribution is -2.37. The minimum Gasteiger partial charge on any atom is -0.234 e. The van der Waals surface area contributed by atoms with Crippen LogP contribution in [-0.4, -0.2) is 4.57 Å². The van der Waals surface area contributed by atoms with Gasteiger partial charge in [0.2, 0.25) is 0 Å². The van der Waals surface area contributed by atoms with Gasteiger partial charge in [-0.25, -0.2) is 9.13 Å². The fourth-order valence-electron chi connectivity index (χ4n) is 4.06. The van der Waals surface area contributed by atoms with Gasteiger partial charge in [0.15, 0.2) is 0 Å². The first-order valence-corrected chi connectivity index (χ1v) is 12.0. The second kappa shape index (κ2) is 14.4. The number of rotatable bonds is 16. The molecule has 0 fully saturated rings. The van der Waals surface area contributed by atoms with Crippen LogP contribution >= 0.6 is 0 Å². The molecule has 1 aromatic heterocycles. The molecule has 0 unspecified atom stereocenters. The maximum Gasteiger partial charge on any atom is 0.256 e. The number of hydrogen-bond acceptors (Lipinski definition) is 0. The molecule has 2 rings (SSSR count). The van der Waals surface area contributed by atoms with Crippen LogP contribution in [0.15, 0.2) is 42.7 Å². The standard InChI is InChI=1S/C26H43N2/c1-3-5-7-9-10-14-20-26-27(21-15-8-6-4-2)23-24-28(26)22-16-19-25-17-12-11-13-18-25/h11-13,17-18,23-24H,3-10,14-16,19-22H2,1-2H3/q+1. The molecule has 2 aromatic rings. The molecule has 0 spiro atoms. The average molecular weight is 384 g/mol. The Morgan fingerprint density at radius 1 is 0.714 bits per heavy atom. The van der Waals surface area contributed by atoms with E-state index in [1.165, 1.54) is 95.6 Å². The van der Waals surface area contributed by atoms with E-state index in [2.05, 4.69) is 65.7 Å². The lowest BCUT2D eigenvalue weighted by atomic mass is 10.1. The topological polar surface area (TPSA) is 8.81 Å². The predicted octanol–water partition coefficient (Wildman–Crippen LogP) is 6.89. The fourth-order valence-corrected chi connectivity index (χ4v) is 4.06. The smallest absolute Gasteiger partial charge is 0.234 e. The van der Waals surface area contributed by atoms with Crippen LogP contribution < -0.4 is 4.57 Å². The van der Waals surface area contributed by atoms with Crippen molar-refractivity contribution in [3.63, 3.8) is 0 Å². The van der Waals surface area contributed by atoms with E-state index in [1.54, 1.807) is 5.82 Å². The third kappa shape index (κ3) is 8.63. The Morgan fingerprint density at radius 2 is 1.39 bits per heavy atom. The predicted molar refractivity (Wildman–Crippen MR) is 121 cm³/mol. The third-order valence-corrected chi connectivity index (χ3v) is 5.80. The number of imidazole rings is 1. The van der Waals surface area contributed by atoms with Crippen molar-refractivity contribution in [3.8, 4) is 0 Å². The Morgan fingerprint density at radius 3 is 2.14 bits per heavy atom. The molecule has 2 nitrogen and oxygen atoms in total. The van der Waals surface area contributed by atoms with Gasteiger partial charge >= 0.3 is 0 Å². The first-order chi connectivity index (χ1) is 13.8. The largest absolute Gasteiger partial charge is 0.256 e. The molecular formula is C26H43N2+. The summed E-state index contributed by atoms with van der Waals surface area (Å²) in [5.74, 6) is 1.56. The molecule has 0 amide bonds. The highest BCUT2D eigenvalue weighted by molar-refractivity contribution is 5.14. The molecule has 0 saturated heterocycles. The molecule has 1 heterocycles. The number of aryl methyl sites for hydroxylation is 3. The van der Waals surface area contributed by atoms with Crippen LogP contribution in [0.1, 0.15) is 95.9 Å². The second-order valence-electron chi connectivity index (χ2n) is 8.27. The zero-order chi connectivity index (χ0) is 19.9. The highest BCUT2D eigenvalue weighted by Gasteiger charge is 2.16. The van der Waals surface area contributed by atoms with E-state index in [9.17, 15) is 0 Å². The zero-order valence-corrected chi connectivity index (χ0v) is 18.5. The monoisotopic (exact) mass is 383 g/mol. The minimum atomic E-state index is 1.14. The Kier molecular flexibility index (Phi) is 11.7. The summed E-state index contributed by atoms with van der Waals surface area (Å²) >= 11 is 0. The Bertz CT molecular complexity index is 615. The van der Waals surface area contributed by atoms with Gasteiger partial charge in [0.25, 0.3) is 5.82 Å². The molecule has 0 atom stereocenters. The van der Waals surface area contributed by atoms with Gasteiger partial charge in [0.1, 0.15) is 12.4 Å². The number of unbranched alkanes of at least 4 members (excludes halogenated alkanes) is 8. The van der Waals surface area contributed by atoms with Crippen LogP contribution in [0.2, 0.25) is 0 Å². The average Bonchev–Trinajstić information content (AvgIpc) is 3.10. The van der Waals surface area contributed by atoms with Crippen LogP contribution in [0.25, 0.3) is 0 Å². The number of nitrogens with zero attached hydrogens (tertiary/aromatic N) is 2. The molecule has 0 aliphatic rings. The Labute approximate surface area is 174 Å². The maximum atomic E-state index is 2.55. The van der Waals surface area contributed by atoms with Crippen LogP contribution in [0, 0.1) is 0 Å². The van der Waals surface area contributed by atoms with E-state index in [-0.39, 0.29) is 0 Å². The van der Waals surface area contributed by atoms with E-state index in [0.29, 0.717) is 0 Å². The molecule has 0 aliphatic heterocycles. The summed E-state index contributed by atoms with van der Waals surface area (Å²) in [5.41, 5.74) is 1.46. The SMILES string of the molecule is CCCCCCCCc1n(CCCCCC)cc[n+]1CCCc1ccccc1. The molecule has 0 radical (unpaired) electrons. The van der Waals surface area contributed by atoms with Gasteiger partial charge in [-0.15, -0.1) is 0 Å². The second-order valence-corrected chi connectivity index (χ2v) is 8.27. The van der Waals surface area contributed by atoms with Gasteiger partial charge < -0.3 is 0 Å². The number of aromatic nitrogens is 2. The van der Waals surface area contributed by atoms with E-state index >= 15 is 0 Å². The van der Waals surface area contributed by atoms with Gasteiger partial charge in [0, 0.05) is 6.42 Å². The summed E-state index contributed by atoms with van der Waals surface area (Å²) in [4.78, 5) is 0. The summed E-state index contributed by atoms with van der Waals surface area (Å²) < 4.78 is 5.08. The molecule has 0 saturated carbocycles. The van der Waals surface area contributed by atoms with E-state index < -0.39 is 0 Å². The van der Waals surface area contributed by atoms with Crippen LogP contribution in [0.5, 0.6) is 0 Å². The number of hydrogen-bond donors (Lipinski definition) is 0. The van der Waals surface area contributed by atoms with Gasteiger partial charge in [-0.05, 0) is 37.7 Å². The summed E-state index contributed by atoms with van der Waals surface area (Å²) in [6, 6.07) is 10.9. The molecule has 0 N–H and O–H groups in total. The number of benzene rings is 1. The van der Waals surface area contributed by atoms with Crippen molar-refractivity contribution in [1.29, 1.82) is 0 Å². The first-order valence-electron chi connectivity index (χ1n) is 12.0. The third-order valence-electron chi connectivity index (χ3n) is 5.80. The highest BCUT2D eigenvalue weighted by atomic mass is 15.1. The van der Waals surface area contributed by atoms with Crippen LogP contribution in [-0.2, 0) is 25.9 Å². The minimum absolute atomic E-state index is 1.14. The lowest BCUT2D eigenvalue weighted by molar-refractivity contribution is -0.704. The summed E-state index contributed by atoms with van der Waals surface area (Å²) in [6.45, 7) is 6.92. The Balaban J connectivity index is 1.86. The van der Waals surface area contributed by atoms with Crippen molar-refractivity contribution < 1.29 is 4.57 Å². The van der Waals surface area contributed by atoms with E-state index in [1.807, 2.05) is 0 Å². The first kappa shape index (κ1) is 22.7. The summed E-state index contributed by atoms with van der Waals surface area (Å²) in [5, 5.41) is 0. The molecule has 2 heteroatoms. The summed E-state index contributed by atoms with van der Waals surface area (Å²) in [6.07, 6.45) is 21.9. The maximum absolute atomic E-state index is 2.55.